The zero-order chi connectivity index (χ0) is 14.7. The Kier molecular flexibility index (Phi) is 4.13. The third-order valence-corrected chi connectivity index (χ3v) is 4.36. The van der Waals surface area contributed by atoms with Gasteiger partial charge in [0.1, 0.15) is 0 Å². The lowest BCUT2D eigenvalue weighted by Crippen LogP contribution is -2.14. The first-order chi connectivity index (χ1) is 10.2. The molecular formula is C15H12ClN3OS. The molecule has 0 aliphatic rings. The van der Waals surface area contributed by atoms with E-state index in [-0.39, 0.29) is 11.7 Å². The van der Waals surface area contributed by atoms with E-state index >= 15 is 0 Å². The van der Waals surface area contributed by atoms with Gasteiger partial charge in [-0.2, -0.15) is 0 Å². The molecule has 0 radical (unpaired) electrons. The second-order valence-electron chi connectivity index (χ2n) is 4.37. The Bertz CT molecular complexity index is 754. The van der Waals surface area contributed by atoms with Crippen LogP contribution >= 0.6 is 23.4 Å². The summed E-state index contributed by atoms with van der Waals surface area (Å²) in [6.45, 7) is 0. The first-order valence-electron chi connectivity index (χ1n) is 6.34. The van der Waals surface area contributed by atoms with E-state index in [1.54, 1.807) is 6.07 Å². The molecule has 0 atom stereocenters. The normalized spacial score (nSPS) is 10.7. The Hall–Kier alpha value is -1.98. The first-order valence-corrected chi connectivity index (χ1v) is 7.70. The van der Waals surface area contributed by atoms with Crippen LogP contribution in [0.25, 0.3) is 11.0 Å². The molecule has 3 rings (SSSR count). The van der Waals surface area contributed by atoms with Gasteiger partial charge in [0.25, 0.3) is 0 Å². The highest BCUT2D eigenvalue weighted by Crippen LogP contribution is 2.26. The summed E-state index contributed by atoms with van der Waals surface area (Å²) in [5, 5.41) is 3.40. The highest BCUT2D eigenvalue weighted by molar-refractivity contribution is 8.00. The van der Waals surface area contributed by atoms with Gasteiger partial charge in [0.05, 0.1) is 21.8 Å². The number of benzene rings is 2. The highest BCUT2D eigenvalue weighted by Gasteiger charge is 2.08. The van der Waals surface area contributed by atoms with Crippen LogP contribution in [-0.2, 0) is 4.79 Å². The number of fused-ring (bicyclic) bond motifs is 1. The Morgan fingerprint density at radius 3 is 2.76 bits per heavy atom. The molecule has 3 aromatic rings. The van der Waals surface area contributed by atoms with Crippen LogP contribution in [0.2, 0.25) is 5.02 Å². The minimum atomic E-state index is -0.126. The zero-order valence-corrected chi connectivity index (χ0v) is 12.5. The van der Waals surface area contributed by atoms with Gasteiger partial charge in [-0.05, 0) is 24.3 Å². The fraction of sp³-hybridized carbons (Fsp3) is 0.0667. The Balaban J connectivity index is 1.62. The van der Waals surface area contributed by atoms with Gasteiger partial charge < -0.3 is 4.98 Å². The quantitative estimate of drug-likeness (QED) is 0.716. The summed E-state index contributed by atoms with van der Waals surface area (Å²) >= 11 is 7.45. The third-order valence-electron chi connectivity index (χ3n) is 2.84. The molecule has 0 aliphatic heterocycles. The van der Waals surface area contributed by atoms with Crippen molar-refractivity contribution in [1.82, 2.24) is 9.97 Å². The molecule has 0 bridgehead atoms. The number of carbonyl (C=O) groups excluding carboxylic acids is 1. The lowest BCUT2D eigenvalue weighted by molar-refractivity contribution is -0.113. The number of hydrogen-bond acceptors (Lipinski definition) is 3. The molecule has 0 aliphatic carbocycles. The van der Waals surface area contributed by atoms with Crippen molar-refractivity contribution in [2.45, 2.75) is 4.90 Å². The van der Waals surface area contributed by atoms with Crippen molar-refractivity contribution in [3.63, 3.8) is 0 Å². The van der Waals surface area contributed by atoms with E-state index in [1.165, 1.54) is 11.8 Å². The number of aromatic amines is 1. The molecule has 1 heterocycles. The van der Waals surface area contributed by atoms with Crippen molar-refractivity contribution in [3.8, 4) is 0 Å². The van der Waals surface area contributed by atoms with E-state index in [4.69, 9.17) is 11.6 Å². The number of halogens is 1. The number of thioether (sulfide) groups is 1. The maximum atomic E-state index is 11.9. The number of anilines is 1. The van der Waals surface area contributed by atoms with Gasteiger partial charge in [0, 0.05) is 4.90 Å². The molecule has 2 aromatic carbocycles. The largest absolute Gasteiger partial charge is 0.324 e. The number of para-hydroxylation sites is 2. The topological polar surface area (TPSA) is 57.8 Å². The number of nitrogens with one attached hydrogen (secondary N) is 2. The van der Waals surface area contributed by atoms with E-state index in [2.05, 4.69) is 15.3 Å². The summed E-state index contributed by atoms with van der Waals surface area (Å²) < 4.78 is 0. The number of aromatic nitrogens is 2. The highest BCUT2D eigenvalue weighted by atomic mass is 35.5. The van der Waals surface area contributed by atoms with Gasteiger partial charge in [-0.1, -0.05) is 35.9 Å². The summed E-state index contributed by atoms with van der Waals surface area (Å²) in [4.78, 5) is 20.2. The molecule has 6 heteroatoms. The third kappa shape index (κ3) is 3.37. The van der Waals surface area contributed by atoms with Crippen LogP contribution in [0.1, 0.15) is 0 Å². The molecule has 1 aromatic heterocycles. The molecule has 0 fully saturated rings. The van der Waals surface area contributed by atoms with Crippen molar-refractivity contribution in [1.29, 1.82) is 0 Å². The lowest BCUT2D eigenvalue weighted by atomic mass is 10.3. The van der Waals surface area contributed by atoms with E-state index in [9.17, 15) is 4.79 Å². The summed E-state index contributed by atoms with van der Waals surface area (Å²) in [7, 11) is 0. The van der Waals surface area contributed by atoms with Crippen LogP contribution in [0, 0.1) is 0 Å². The molecule has 0 saturated carbocycles. The van der Waals surface area contributed by atoms with Crippen LogP contribution in [-0.4, -0.2) is 21.6 Å². The van der Waals surface area contributed by atoms with E-state index in [0.29, 0.717) is 11.0 Å². The van der Waals surface area contributed by atoms with Gasteiger partial charge in [0.15, 0.2) is 0 Å². The van der Waals surface area contributed by atoms with Crippen LogP contribution in [0.3, 0.4) is 0 Å². The van der Waals surface area contributed by atoms with Crippen molar-refractivity contribution in [3.05, 3.63) is 53.6 Å². The predicted octanol–water partition coefficient (Wildman–Crippen LogP) is 3.95. The number of rotatable bonds is 4. The number of H-pyrrole nitrogens is 1. The summed E-state index contributed by atoms with van der Waals surface area (Å²) in [6.07, 6.45) is 0. The summed E-state index contributed by atoms with van der Waals surface area (Å²) in [5.74, 6) is 0.612. The van der Waals surface area contributed by atoms with Gasteiger partial charge in [-0.15, -0.1) is 11.8 Å². The van der Waals surface area contributed by atoms with E-state index in [1.807, 2.05) is 42.5 Å². The van der Waals surface area contributed by atoms with Crippen LogP contribution in [0.5, 0.6) is 0 Å². The molecule has 0 unspecified atom stereocenters. The SMILES string of the molecule is O=C(CSc1ccccc1Cl)Nc1nc2ccccc2[nH]1. The predicted molar refractivity (Wildman–Crippen MR) is 86.9 cm³/mol. The minimum Gasteiger partial charge on any atom is -0.324 e. The van der Waals surface area contributed by atoms with Crippen molar-refractivity contribution >= 4 is 46.3 Å². The zero-order valence-electron chi connectivity index (χ0n) is 11.0. The van der Waals surface area contributed by atoms with Crippen LogP contribution in [0.4, 0.5) is 5.95 Å². The average Bonchev–Trinajstić information content (AvgIpc) is 2.88. The molecule has 21 heavy (non-hydrogen) atoms. The smallest absolute Gasteiger partial charge is 0.237 e. The number of hydrogen-bond donors (Lipinski definition) is 2. The number of amides is 1. The minimum absolute atomic E-state index is 0.126. The Labute approximate surface area is 130 Å². The van der Waals surface area contributed by atoms with Crippen LogP contribution < -0.4 is 5.32 Å². The molecule has 0 saturated heterocycles. The fourth-order valence-electron chi connectivity index (χ4n) is 1.89. The van der Waals surface area contributed by atoms with E-state index in [0.717, 1.165) is 15.9 Å². The molecule has 1 amide bonds. The lowest BCUT2D eigenvalue weighted by Gasteiger charge is -2.03. The molecule has 0 spiro atoms. The van der Waals surface area contributed by atoms with Gasteiger partial charge in [0.2, 0.25) is 11.9 Å². The van der Waals surface area contributed by atoms with Crippen molar-refractivity contribution in [2.75, 3.05) is 11.1 Å². The van der Waals surface area contributed by atoms with E-state index < -0.39 is 0 Å². The second-order valence-corrected chi connectivity index (χ2v) is 5.79. The van der Waals surface area contributed by atoms with Gasteiger partial charge in [-0.3, -0.25) is 10.1 Å². The number of nitrogens with zero attached hydrogens (tertiary/aromatic N) is 1. The molecule has 4 nitrogen and oxygen atoms in total. The van der Waals surface area contributed by atoms with Crippen LogP contribution in [0.15, 0.2) is 53.4 Å². The Morgan fingerprint density at radius 1 is 1.19 bits per heavy atom. The number of carbonyl (C=O) groups is 1. The number of imidazole rings is 1. The fourth-order valence-corrected chi connectivity index (χ4v) is 2.92. The first kappa shape index (κ1) is 14.0. The Morgan fingerprint density at radius 2 is 1.95 bits per heavy atom. The summed E-state index contributed by atoms with van der Waals surface area (Å²) in [6, 6.07) is 15.1. The standard InChI is InChI=1S/C15H12ClN3OS/c16-10-5-1-4-8-13(10)21-9-14(20)19-15-17-11-6-2-3-7-12(11)18-15/h1-8H,9H2,(H2,17,18,19,20). The second kappa shape index (κ2) is 6.20. The molecule has 2 N–H and O–H groups in total. The maximum Gasteiger partial charge on any atom is 0.237 e. The molecular weight excluding hydrogens is 306 g/mol. The van der Waals surface area contributed by atoms with Gasteiger partial charge in [-0.25, -0.2) is 4.98 Å². The maximum absolute atomic E-state index is 11.9. The monoisotopic (exact) mass is 317 g/mol. The van der Waals surface area contributed by atoms with Crippen molar-refractivity contribution in [2.24, 2.45) is 0 Å². The van der Waals surface area contributed by atoms with Crippen molar-refractivity contribution < 1.29 is 4.79 Å². The average molecular weight is 318 g/mol. The summed E-state index contributed by atoms with van der Waals surface area (Å²) in [5.41, 5.74) is 1.72. The molecule has 106 valence electrons. The van der Waals surface area contributed by atoms with Gasteiger partial charge >= 0.3 is 0 Å².